The molecule has 0 spiro atoms. The predicted molar refractivity (Wildman–Crippen MR) is 106 cm³/mol. The van der Waals surface area contributed by atoms with E-state index in [4.69, 9.17) is 9.72 Å². The van der Waals surface area contributed by atoms with Crippen molar-refractivity contribution in [1.82, 2.24) is 19.9 Å². The molecule has 0 N–H and O–H groups in total. The zero-order chi connectivity index (χ0) is 18.1. The first kappa shape index (κ1) is 17.5. The minimum Gasteiger partial charge on any atom is -0.381 e. The van der Waals surface area contributed by atoms with Crippen LogP contribution in [0.4, 0.5) is 5.82 Å². The van der Waals surface area contributed by atoms with Gasteiger partial charge in [0.05, 0.1) is 10.7 Å². The molecule has 6 nitrogen and oxygen atoms in total. The van der Waals surface area contributed by atoms with Crippen LogP contribution in [0.1, 0.15) is 53.9 Å². The van der Waals surface area contributed by atoms with Crippen molar-refractivity contribution in [2.75, 3.05) is 44.3 Å². The van der Waals surface area contributed by atoms with Crippen molar-refractivity contribution in [3.05, 3.63) is 34.2 Å². The molecular formula is C20H27N5OS. The first-order valence-corrected chi connectivity index (χ1v) is 11.0. The Balaban J connectivity index is 1.17. The van der Waals surface area contributed by atoms with Gasteiger partial charge in [0.1, 0.15) is 12.1 Å². The fourth-order valence-corrected chi connectivity index (χ4v) is 5.01. The van der Waals surface area contributed by atoms with E-state index in [1.54, 1.807) is 6.33 Å². The molecule has 4 heterocycles. The number of hydrogen-bond donors (Lipinski definition) is 0. The highest BCUT2D eigenvalue weighted by molar-refractivity contribution is 7.09. The van der Waals surface area contributed by atoms with E-state index in [1.807, 2.05) is 11.3 Å². The Kier molecular flexibility index (Phi) is 5.07. The minimum atomic E-state index is 0.520. The van der Waals surface area contributed by atoms with Gasteiger partial charge in [-0.15, -0.1) is 11.3 Å². The van der Waals surface area contributed by atoms with Gasteiger partial charge in [0, 0.05) is 74.9 Å². The molecule has 3 fully saturated rings. The highest BCUT2D eigenvalue weighted by Crippen LogP contribution is 2.41. The lowest BCUT2D eigenvalue weighted by Crippen LogP contribution is -2.46. The number of piperazine rings is 1. The van der Waals surface area contributed by atoms with Crippen molar-refractivity contribution < 1.29 is 4.74 Å². The molecule has 27 heavy (non-hydrogen) atoms. The molecule has 1 saturated carbocycles. The Labute approximate surface area is 164 Å². The summed E-state index contributed by atoms with van der Waals surface area (Å²) >= 11 is 1.85. The third kappa shape index (κ3) is 4.15. The second-order valence-corrected chi connectivity index (χ2v) is 8.79. The Morgan fingerprint density at radius 2 is 1.81 bits per heavy atom. The van der Waals surface area contributed by atoms with Gasteiger partial charge in [0.25, 0.3) is 0 Å². The highest BCUT2D eigenvalue weighted by atomic mass is 32.1. The molecule has 1 aliphatic carbocycles. The first-order chi connectivity index (χ1) is 13.3. The number of hydrogen-bond acceptors (Lipinski definition) is 7. The van der Waals surface area contributed by atoms with Crippen LogP contribution in [-0.4, -0.2) is 59.2 Å². The van der Waals surface area contributed by atoms with E-state index in [-0.39, 0.29) is 0 Å². The molecule has 0 bridgehead atoms. The standard InChI is InChI=1S/C20H27N5OS/c1-2-16(1)20-23-17(13-27-20)12-24-5-7-25(8-6-24)19-11-18(21-14-22-19)15-3-9-26-10-4-15/h11,13-16H,1-10,12H2. The quantitative estimate of drug-likeness (QED) is 0.789. The Morgan fingerprint density at radius 3 is 2.59 bits per heavy atom. The molecule has 0 amide bonds. The molecule has 2 aromatic heterocycles. The number of ether oxygens (including phenoxy) is 1. The second kappa shape index (κ2) is 7.81. The normalized spacial score (nSPS) is 22.3. The Hall–Kier alpha value is -1.57. The van der Waals surface area contributed by atoms with Crippen LogP contribution >= 0.6 is 11.3 Å². The molecule has 0 aromatic carbocycles. The van der Waals surface area contributed by atoms with Crippen molar-refractivity contribution in [3.63, 3.8) is 0 Å². The van der Waals surface area contributed by atoms with Crippen molar-refractivity contribution in [3.8, 4) is 0 Å². The van der Waals surface area contributed by atoms with E-state index in [2.05, 4.69) is 31.2 Å². The summed E-state index contributed by atoms with van der Waals surface area (Å²) in [6.07, 6.45) is 6.55. The fourth-order valence-electron chi connectivity index (χ4n) is 4.03. The summed E-state index contributed by atoms with van der Waals surface area (Å²) in [7, 11) is 0. The number of nitrogens with zero attached hydrogens (tertiary/aromatic N) is 5. The smallest absolute Gasteiger partial charge is 0.132 e. The summed E-state index contributed by atoms with van der Waals surface area (Å²) in [4.78, 5) is 18.8. The lowest BCUT2D eigenvalue weighted by atomic mass is 9.96. The maximum Gasteiger partial charge on any atom is 0.132 e. The van der Waals surface area contributed by atoms with Crippen molar-refractivity contribution in [2.45, 2.75) is 44.1 Å². The number of aromatic nitrogens is 3. The van der Waals surface area contributed by atoms with Crippen LogP contribution in [-0.2, 0) is 11.3 Å². The van der Waals surface area contributed by atoms with E-state index in [0.29, 0.717) is 5.92 Å². The summed E-state index contributed by atoms with van der Waals surface area (Å²) in [6, 6.07) is 2.20. The third-order valence-electron chi connectivity index (χ3n) is 5.89. The maximum atomic E-state index is 5.48. The predicted octanol–water partition coefficient (Wildman–Crippen LogP) is 3.03. The summed E-state index contributed by atoms with van der Waals surface area (Å²) in [5.41, 5.74) is 2.43. The molecular weight excluding hydrogens is 358 g/mol. The Morgan fingerprint density at radius 1 is 1.00 bits per heavy atom. The molecule has 2 saturated heterocycles. The van der Waals surface area contributed by atoms with Gasteiger partial charge >= 0.3 is 0 Å². The van der Waals surface area contributed by atoms with Gasteiger partial charge in [-0.2, -0.15) is 0 Å². The Bertz CT molecular complexity index is 763. The van der Waals surface area contributed by atoms with Crippen molar-refractivity contribution >= 4 is 17.2 Å². The van der Waals surface area contributed by atoms with Crippen LogP contribution in [0.15, 0.2) is 17.8 Å². The molecule has 0 unspecified atom stereocenters. The van der Waals surface area contributed by atoms with Crippen molar-refractivity contribution in [1.29, 1.82) is 0 Å². The second-order valence-electron chi connectivity index (χ2n) is 7.90. The molecule has 144 valence electrons. The van der Waals surface area contributed by atoms with Gasteiger partial charge < -0.3 is 9.64 Å². The summed E-state index contributed by atoms with van der Waals surface area (Å²) in [5, 5.41) is 3.61. The van der Waals surface area contributed by atoms with E-state index >= 15 is 0 Å². The van der Waals surface area contributed by atoms with E-state index in [9.17, 15) is 0 Å². The van der Waals surface area contributed by atoms with E-state index in [0.717, 1.165) is 70.5 Å². The van der Waals surface area contributed by atoms with Gasteiger partial charge in [-0.1, -0.05) is 0 Å². The molecule has 0 atom stereocenters. The average molecular weight is 386 g/mol. The average Bonchev–Trinajstić information content (AvgIpc) is 3.49. The SMILES string of the molecule is c1nc(C2CCOCC2)cc(N2CCN(Cc3csc(C4CC4)n3)CC2)n1. The zero-order valence-corrected chi connectivity index (χ0v) is 16.5. The lowest BCUT2D eigenvalue weighted by Gasteiger charge is -2.35. The van der Waals surface area contributed by atoms with Crippen LogP contribution in [0.5, 0.6) is 0 Å². The number of anilines is 1. The first-order valence-electron chi connectivity index (χ1n) is 10.2. The largest absolute Gasteiger partial charge is 0.381 e. The molecule has 2 aliphatic heterocycles. The summed E-state index contributed by atoms with van der Waals surface area (Å²) < 4.78 is 5.48. The van der Waals surface area contributed by atoms with Crippen LogP contribution in [0.25, 0.3) is 0 Å². The highest BCUT2D eigenvalue weighted by Gasteiger charge is 2.27. The monoisotopic (exact) mass is 385 g/mol. The number of thiazole rings is 1. The number of rotatable bonds is 5. The van der Waals surface area contributed by atoms with Crippen LogP contribution in [0.2, 0.25) is 0 Å². The van der Waals surface area contributed by atoms with Gasteiger partial charge in [0.2, 0.25) is 0 Å². The van der Waals surface area contributed by atoms with Gasteiger partial charge in [0.15, 0.2) is 0 Å². The van der Waals surface area contributed by atoms with E-state index < -0.39 is 0 Å². The van der Waals surface area contributed by atoms with E-state index in [1.165, 1.54) is 29.2 Å². The van der Waals surface area contributed by atoms with Crippen LogP contribution < -0.4 is 4.90 Å². The molecule has 0 radical (unpaired) electrons. The molecule has 2 aromatic rings. The lowest BCUT2D eigenvalue weighted by molar-refractivity contribution is 0.0845. The third-order valence-corrected chi connectivity index (χ3v) is 6.95. The molecule has 7 heteroatoms. The molecule has 3 aliphatic rings. The summed E-state index contributed by atoms with van der Waals surface area (Å²) in [6.45, 7) is 6.84. The topological polar surface area (TPSA) is 54.4 Å². The fraction of sp³-hybridized carbons (Fsp3) is 0.650. The minimum absolute atomic E-state index is 0.520. The van der Waals surface area contributed by atoms with Crippen LogP contribution in [0.3, 0.4) is 0 Å². The summed E-state index contributed by atoms with van der Waals surface area (Å²) in [5.74, 6) is 2.37. The van der Waals surface area contributed by atoms with Gasteiger partial charge in [-0.3, -0.25) is 4.90 Å². The molecule has 5 rings (SSSR count). The van der Waals surface area contributed by atoms with Crippen molar-refractivity contribution in [2.24, 2.45) is 0 Å². The van der Waals surface area contributed by atoms with Gasteiger partial charge in [-0.25, -0.2) is 15.0 Å². The van der Waals surface area contributed by atoms with Crippen LogP contribution in [0, 0.1) is 0 Å². The zero-order valence-electron chi connectivity index (χ0n) is 15.7. The van der Waals surface area contributed by atoms with Gasteiger partial charge in [-0.05, 0) is 25.7 Å². The maximum absolute atomic E-state index is 5.48.